The molecule has 0 saturated heterocycles. The molecule has 16 heavy (non-hydrogen) atoms. The van der Waals surface area contributed by atoms with Crippen LogP contribution in [0.1, 0.15) is 51.7 Å². The summed E-state index contributed by atoms with van der Waals surface area (Å²) in [5.41, 5.74) is 0.961. The highest BCUT2D eigenvalue weighted by atomic mass is 35.5. The largest absolute Gasteiger partial charge is 0.388 e. The molecule has 1 N–H and O–H groups in total. The third kappa shape index (κ3) is 2.58. The summed E-state index contributed by atoms with van der Waals surface area (Å²) in [6, 6.07) is 7.52. The maximum Gasteiger partial charge on any atom is 0.0845 e. The number of benzene rings is 1. The zero-order chi connectivity index (χ0) is 12.2. The lowest BCUT2D eigenvalue weighted by molar-refractivity contribution is 0.0124. The Bertz CT molecular complexity index is 306. The minimum atomic E-state index is -0.398. The van der Waals surface area contributed by atoms with Gasteiger partial charge in [-0.25, -0.2) is 0 Å². The third-order valence-corrected chi connectivity index (χ3v) is 4.13. The molecule has 1 atom stereocenters. The normalized spacial score (nSPS) is 13.8. The van der Waals surface area contributed by atoms with Crippen molar-refractivity contribution >= 4 is 11.6 Å². The van der Waals surface area contributed by atoms with Crippen LogP contribution >= 0.6 is 11.6 Å². The maximum absolute atomic E-state index is 10.5. The van der Waals surface area contributed by atoms with Gasteiger partial charge in [0.05, 0.1) is 6.10 Å². The maximum atomic E-state index is 10.5. The quantitative estimate of drug-likeness (QED) is 0.798. The molecule has 1 aromatic rings. The van der Waals surface area contributed by atoms with Crippen molar-refractivity contribution in [3.63, 3.8) is 0 Å². The Kier molecular flexibility index (Phi) is 4.82. The van der Waals surface area contributed by atoms with Gasteiger partial charge in [0, 0.05) is 5.02 Å². The first-order valence-corrected chi connectivity index (χ1v) is 6.41. The predicted octanol–water partition coefficient (Wildman–Crippen LogP) is 4.59. The van der Waals surface area contributed by atoms with Crippen LogP contribution in [0.5, 0.6) is 0 Å². The summed E-state index contributed by atoms with van der Waals surface area (Å²) in [5, 5.41) is 11.2. The number of halogens is 1. The highest BCUT2D eigenvalue weighted by Gasteiger charge is 2.33. The minimum absolute atomic E-state index is 0.00612. The lowest BCUT2D eigenvalue weighted by atomic mass is 9.72. The van der Waals surface area contributed by atoms with E-state index in [1.54, 1.807) is 0 Å². The lowest BCUT2D eigenvalue weighted by Crippen LogP contribution is -2.27. The molecule has 0 bridgehead atoms. The van der Waals surface area contributed by atoms with Gasteiger partial charge in [-0.3, -0.25) is 0 Å². The molecule has 1 nitrogen and oxygen atoms in total. The molecular formula is C14H21ClO. The molecule has 0 unspecified atom stereocenters. The van der Waals surface area contributed by atoms with Crippen LogP contribution in [0.15, 0.2) is 24.3 Å². The number of hydrogen-bond acceptors (Lipinski definition) is 1. The van der Waals surface area contributed by atoms with E-state index in [1.807, 2.05) is 24.3 Å². The van der Waals surface area contributed by atoms with Crippen molar-refractivity contribution in [2.75, 3.05) is 0 Å². The summed E-state index contributed by atoms with van der Waals surface area (Å²) < 4.78 is 0. The molecule has 0 aliphatic carbocycles. The molecule has 90 valence electrons. The van der Waals surface area contributed by atoms with Crippen LogP contribution in [0.2, 0.25) is 5.02 Å². The summed E-state index contributed by atoms with van der Waals surface area (Å²) >= 11 is 5.85. The van der Waals surface area contributed by atoms with Gasteiger partial charge in [-0.2, -0.15) is 0 Å². The van der Waals surface area contributed by atoms with E-state index in [1.165, 1.54) is 0 Å². The summed E-state index contributed by atoms with van der Waals surface area (Å²) in [6.45, 7) is 6.43. The standard InChI is InChI=1S/C14H21ClO/c1-4-14(5-2,6-3)13(16)11-7-9-12(15)10-8-11/h7-10,13,16H,4-6H2,1-3H3/t13-/m1/s1. The zero-order valence-electron chi connectivity index (χ0n) is 10.3. The van der Waals surface area contributed by atoms with Gasteiger partial charge in [0.1, 0.15) is 0 Å². The van der Waals surface area contributed by atoms with Crippen molar-refractivity contribution < 1.29 is 5.11 Å². The van der Waals surface area contributed by atoms with Crippen molar-refractivity contribution in [3.05, 3.63) is 34.9 Å². The highest BCUT2D eigenvalue weighted by molar-refractivity contribution is 6.30. The Morgan fingerprint density at radius 1 is 1.06 bits per heavy atom. The summed E-state index contributed by atoms with van der Waals surface area (Å²) in [7, 11) is 0. The second-order valence-electron chi connectivity index (χ2n) is 4.38. The van der Waals surface area contributed by atoms with E-state index in [0.29, 0.717) is 5.02 Å². The second kappa shape index (κ2) is 5.70. The van der Waals surface area contributed by atoms with E-state index >= 15 is 0 Å². The van der Waals surface area contributed by atoms with Crippen molar-refractivity contribution in [1.82, 2.24) is 0 Å². The first kappa shape index (κ1) is 13.5. The van der Waals surface area contributed by atoms with Crippen LogP contribution < -0.4 is 0 Å². The molecular weight excluding hydrogens is 220 g/mol. The van der Waals surface area contributed by atoms with Crippen LogP contribution in [0, 0.1) is 5.41 Å². The molecule has 0 spiro atoms. The Hall–Kier alpha value is -0.530. The molecule has 2 heteroatoms. The van der Waals surface area contributed by atoms with Crippen LogP contribution in [-0.4, -0.2) is 5.11 Å². The van der Waals surface area contributed by atoms with E-state index < -0.39 is 6.10 Å². The highest BCUT2D eigenvalue weighted by Crippen LogP contribution is 2.43. The average Bonchev–Trinajstić information content (AvgIpc) is 2.33. The smallest absolute Gasteiger partial charge is 0.0845 e. The van der Waals surface area contributed by atoms with Crippen molar-refractivity contribution in [3.8, 4) is 0 Å². The predicted molar refractivity (Wildman–Crippen MR) is 69.7 cm³/mol. The van der Waals surface area contributed by atoms with Gasteiger partial charge in [0.2, 0.25) is 0 Å². The van der Waals surface area contributed by atoms with E-state index in [0.717, 1.165) is 24.8 Å². The van der Waals surface area contributed by atoms with Crippen LogP contribution in [-0.2, 0) is 0 Å². The van der Waals surface area contributed by atoms with Crippen LogP contribution in [0.4, 0.5) is 0 Å². The number of aliphatic hydroxyl groups excluding tert-OH is 1. The molecule has 1 aromatic carbocycles. The van der Waals surface area contributed by atoms with E-state index in [2.05, 4.69) is 20.8 Å². The second-order valence-corrected chi connectivity index (χ2v) is 4.81. The number of rotatable bonds is 5. The Morgan fingerprint density at radius 2 is 1.50 bits per heavy atom. The number of hydrogen-bond donors (Lipinski definition) is 1. The molecule has 0 aromatic heterocycles. The fourth-order valence-corrected chi connectivity index (χ4v) is 2.45. The summed E-state index contributed by atoms with van der Waals surface area (Å²) in [5.74, 6) is 0. The van der Waals surface area contributed by atoms with E-state index in [4.69, 9.17) is 11.6 Å². The fraction of sp³-hybridized carbons (Fsp3) is 0.571. The van der Waals surface area contributed by atoms with E-state index in [9.17, 15) is 5.11 Å². The topological polar surface area (TPSA) is 20.2 Å². The van der Waals surface area contributed by atoms with Gasteiger partial charge in [-0.1, -0.05) is 44.5 Å². The van der Waals surface area contributed by atoms with Gasteiger partial charge in [0.15, 0.2) is 0 Å². The average molecular weight is 241 g/mol. The Balaban J connectivity index is 2.98. The zero-order valence-corrected chi connectivity index (χ0v) is 11.1. The monoisotopic (exact) mass is 240 g/mol. The molecule has 0 radical (unpaired) electrons. The molecule has 0 fully saturated rings. The van der Waals surface area contributed by atoms with Gasteiger partial charge < -0.3 is 5.11 Å². The molecule has 1 rings (SSSR count). The first-order valence-electron chi connectivity index (χ1n) is 6.03. The Labute approximate surface area is 103 Å². The molecule has 0 aliphatic rings. The van der Waals surface area contributed by atoms with Crippen molar-refractivity contribution in [2.24, 2.45) is 5.41 Å². The van der Waals surface area contributed by atoms with Gasteiger partial charge in [-0.15, -0.1) is 0 Å². The molecule has 0 saturated carbocycles. The van der Waals surface area contributed by atoms with Crippen molar-refractivity contribution in [2.45, 2.75) is 46.1 Å². The van der Waals surface area contributed by atoms with Gasteiger partial charge in [-0.05, 0) is 42.4 Å². The molecule has 0 aliphatic heterocycles. The molecule has 0 heterocycles. The third-order valence-electron chi connectivity index (χ3n) is 3.88. The summed E-state index contributed by atoms with van der Waals surface area (Å²) in [4.78, 5) is 0. The van der Waals surface area contributed by atoms with Gasteiger partial charge >= 0.3 is 0 Å². The minimum Gasteiger partial charge on any atom is -0.388 e. The van der Waals surface area contributed by atoms with Crippen LogP contribution in [0.3, 0.4) is 0 Å². The fourth-order valence-electron chi connectivity index (χ4n) is 2.33. The van der Waals surface area contributed by atoms with Crippen molar-refractivity contribution in [1.29, 1.82) is 0 Å². The molecule has 0 amide bonds. The lowest BCUT2D eigenvalue weighted by Gasteiger charge is -2.36. The van der Waals surface area contributed by atoms with E-state index in [-0.39, 0.29) is 5.41 Å². The number of aliphatic hydroxyl groups is 1. The first-order chi connectivity index (χ1) is 7.59. The summed E-state index contributed by atoms with van der Waals surface area (Å²) in [6.07, 6.45) is 2.57. The van der Waals surface area contributed by atoms with Crippen LogP contribution in [0.25, 0.3) is 0 Å². The SMILES string of the molecule is CCC(CC)(CC)[C@H](O)c1ccc(Cl)cc1. The Morgan fingerprint density at radius 3 is 1.88 bits per heavy atom. The van der Waals surface area contributed by atoms with Gasteiger partial charge in [0.25, 0.3) is 0 Å².